The highest BCUT2D eigenvalue weighted by atomic mass is 16.5. The van der Waals surface area contributed by atoms with Crippen LogP contribution in [-0.4, -0.2) is 79.2 Å². The number of ether oxygens (including phenoxy) is 1. The van der Waals surface area contributed by atoms with Gasteiger partial charge in [-0.25, -0.2) is 4.98 Å². The molecule has 0 radical (unpaired) electrons. The third-order valence-electron chi connectivity index (χ3n) is 5.49. The van der Waals surface area contributed by atoms with E-state index < -0.39 is 0 Å². The lowest BCUT2D eigenvalue weighted by Gasteiger charge is -2.38. The molecule has 8 heteroatoms. The second kappa shape index (κ2) is 7.25. The Kier molecular flexibility index (Phi) is 4.83. The van der Waals surface area contributed by atoms with E-state index in [1.807, 2.05) is 16.7 Å². The summed E-state index contributed by atoms with van der Waals surface area (Å²) in [6.07, 6.45) is 2.18. The van der Waals surface area contributed by atoms with Crippen LogP contribution in [0.2, 0.25) is 0 Å². The van der Waals surface area contributed by atoms with Gasteiger partial charge in [0.15, 0.2) is 0 Å². The van der Waals surface area contributed by atoms with Crippen molar-refractivity contribution in [3.8, 4) is 6.07 Å². The minimum atomic E-state index is -0.119. The molecule has 0 bridgehead atoms. The van der Waals surface area contributed by atoms with Gasteiger partial charge in [-0.15, -0.1) is 0 Å². The molecule has 2 aliphatic heterocycles. The fourth-order valence-electron chi connectivity index (χ4n) is 3.64. The van der Waals surface area contributed by atoms with E-state index in [9.17, 15) is 10.1 Å². The molecule has 3 fully saturated rings. The summed E-state index contributed by atoms with van der Waals surface area (Å²) < 4.78 is 11.2. The summed E-state index contributed by atoms with van der Waals surface area (Å²) in [7, 11) is 0. The van der Waals surface area contributed by atoms with Crippen molar-refractivity contribution in [2.24, 2.45) is 0 Å². The fraction of sp³-hybridized carbons (Fsp3) is 0.722. The van der Waals surface area contributed by atoms with E-state index in [0.29, 0.717) is 62.8 Å². The SMILES string of the molecule is C[C@H](C(=O)N1CCN(c2oc(C3CC3)nc2C#N)CC1)N1CCOCC1. The maximum absolute atomic E-state index is 12.8. The lowest BCUT2D eigenvalue weighted by atomic mass is 10.2. The average molecular weight is 359 g/mol. The zero-order valence-corrected chi connectivity index (χ0v) is 15.2. The molecule has 26 heavy (non-hydrogen) atoms. The van der Waals surface area contributed by atoms with Gasteiger partial charge in [0.25, 0.3) is 0 Å². The molecule has 4 rings (SSSR count). The van der Waals surface area contributed by atoms with Gasteiger partial charge in [0, 0.05) is 45.2 Å². The van der Waals surface area contributed by atoms with Crippen LogP contribution in [0.25, 0.3) is 0 Å². The van der Waals surface area contributed by atoms with E-state index in [0.717, 1.165) is 25.9 Å². The fourth-order valence-corrected chi connectivity index (χ4v) is 3.64. The molecule has 0 N–H and O–H groups in total. The van der Waals surface area contributed by atoms with Crippen molar-refractivity contribution in [1.29, 1.82) is 5.26 Å². The van der Waals surface area contributed by atoms with Gasteiger partial charge in [0.2, 0.25) is 23.4 Å². The van der Waals surface area contributed by atoms with Crippen LogP contribution in [0.1, 0.15) is 37.3 Å². The predicted molar refractivity (Wildman–Crippen MR) is 93.8 cm³/mol. The number of aromatic nitrogens is 1. The summed E-state index contributed by atoms with van der Waals surface area (Å²) in [5.74, 6) is 1.81. The number of amides is 1. The van der Waals surface area contributed by atoms with E-state index in [-0.39, 0.29) is 11.9 Å². The number of rotatable bonds is 4. The molecular formula is C18H25N5O3. The monoisotopic (exact) mass is 359 g/mol. The van der Waals surface area contributed by atoms with Crippen molar-refractivity contribution in [2.45, 2.75) is 31.7 Å². The Labute approximate surface area is 153 Å². The van der Waals surface area contributed by atoms with Crippen molar-refractivity contribution in [3.63, 3.8) is 0 Å². The topological polar surface area (TPSA) is 85.8 Å². The van der Waals surface area contributed by atoms with Gasteiger partial charge >= 0.3 is 0 Å². The van der Waals surface area contributed by atoms with Crippen molar-refractivity contribution in [3.05, 3.63) is 11.6 Å². The first-order valence-corrected chi connectivity index (χ1v) is 9.43. The van der Waals surface area contributed by atoms with Crippen LogP contribution in [0.15, 0.2) is 4.42 Å². The van der Waals surface area contributed by atoms with Gasteiger partial charge < -0.3 is 19.0 Å². The normalized spacial score (nSPS) is 22.9. The molecule has 3 heterocycles. The molecule has 1 aliphatic carbocycles. The number of piperazine rings is 1. The van der Waals surface area contributed by atoms with Crippen LogP contribution in [0, 0.1) is 11.3 Å². The highest BCUT2D eigenvalue weighted by molar-refractivity contribution is 5.81. The molecule has 8 nitrogen and oxygen atoms in total. The number of morpholine rings is 1. The summed E-state index contributed by atoms with van der Waals surface area (Å²) in [5.41, 5.74) is 0.369. The third-order valence-corrected chi connectivity index (χ3v) is 5.49. The number of hydrogen-bond acceptors (Lipinski definition) is 7. The van der Waals surface area contributed by atoms with Gasteiger partial charge in [0.05, 0.1) is 19.3 Å². The van der Waals surface area contributed by atoms with Gasteiger partial charge in [-0.2, -0.15) is 5.26 Å². The van der Waals surface area contributed by atoms with E-state index in [4.69, 9.17) is 9.15 Å². The van der Waals surface area contributed by atoms with Gasteiger partial charge in [-0.1, -0.05) is 0 Å². The van der Waals surface area contributed by atoms with E-state index in [1.54, 1.807) is 0 Å². The number of nitriles is 1. The summed E-state index contributed by atoms with van der Waals surface area (Å²) in [6, 6.07) is 2.03. The number of anilines is 1. The molecule has 1 amide bonds. The number of carbonyl (C=O) groups is 1. The molecular weight excluding hydrogens is 334 g/mol. The maximum Gasteiger partial charge on any atom is 0.239 e. The molecule has 140 valence electrons. The zero-order chi connectivity index (χ0) is 18.1. The number of nitrogens with zero attached hydrogens (tertiary/aromatic N) is 5. The number of carbonyl (C=O) groups excluding carboxylic acids is 1. The number of hydrogen-bond donors (Lipinski definition) is 0. The third kappa shape index (κ3) is 3.41. The molecule has 3 aliphatic rings. The first-order chi connectivity index (χ1) is 12.7. The van der Waals surface area contributed by atoms with Crippen molar-refractivity contribution in [1.82, 2.24) is 14.8 Å². The summed E-state index contributed by atoms with van der Waals surface area (Å²) in [4.78, 5) is 23.3. The molecule has 1 aromatic heterocycles. The highest BCUT2D eigenvalue weighted by Gasteiger charge is 2.34. The standard InChI is InChI=1S/C18H25N5O3/c1-13(21-8-10-25-11-9-21)17(24)22-4-6-23(7-5-22)18-15(12-19)20-16(26-18)14-2-3-14/h13-14H,2-11H2,1H3/t13-/m1/s1. The van der Waals surface area contributed by atoms with Gasteiger partial charge in [0.1, 0.15) is 6.07 Å². The minimum Gasteiger partial charge on any atom is -0.423 e. The predicted octanol–water partition coefficient (Wildman–Crippen LogP) is 0.793. The zero-order valence-electron chi connectivity index (χ0n) is 15.2. The maximum atomic E-state index is 12.8. The van der Waals surface area contributed by atoms with Crippen LogP contribution in [0.3, 0.4) is 0 Å². The Morgan fingerprint density at radius 3 is 2.50 bits per heavy atom. The highest BCUT2D eigenvalue weighted by Crippen LogP contribution is 2.41. The summed E-state index contributed by atoms with van der Waals surface area (Å²) in [6.45, 7) is 7.57. The van der Waals surface area contributed by atoms with E-state index >= 15 is 0 Å². The quantitative estimate of drug-likeness (QED) is 0.786. The summed E-state index contributed by atoms with van der Waals surface area (Å²) >= 11 is 0. The second-order valence-corrected chi connectivity index (χ2v) is 7.23. The molecule has 0 spiro atoms. The Morgan fingerprint density at radius 2 is 1.88 bits per heavy atom. The van der Waals surface area contributed by atoms with Crippen LogP contribution in [0.4, 0.5) is 5.88 Å². The van der Waals surface area contributed by atoms with Gasteiger partial charge in [-0.05, 0) is 19.8 Å². The first-order valence-electron chi connectivity index (χ1n) is 9.43. The first kappa shape index (κ1) is 17.3. The smallest absolute Gasteiger partial charge is 0.239 e. The van der Waals surface area contributed by atoms with Crippen molar-refractivity contribution in [2.75, 3.05) is 57.4 Å². The lowest BCUT2D eigenvalue weighted by molar-refractivity contribution is -0.138. The Morgan fingerprint density at radius 1 is 1.19 bits per heavy atom. The van der Waals surface area contributed by atoms with Crippen molar-refractivity contribution < 1.29 is 13.9 Å². The van der Waals surface area contributed by atoms with E-state index in [1.165, 1.54) is 0 Å². The van der Waals surface area contributed by atoms with E-state index in [2.05, 4.69) is 16.0 Å². The summed E-state index contributed by atoms with van der Waals surface area (Å²) in [5, 5.41) is 9.34. The van der Waals surface area contributed by atoms with Crippen molar-refractivity contribution >= 4 is 11.8 Å². The van der Waals surface area contributed by atoms with Crippen LogP contribution in [-0.2, 0) is 9.53 Å². The molecule has 1 atom stereocenters. The Bertz CT molecular complexity index is 694. The molecule has 1 aromatic rings. The molecule has 1 saturated carbocycles. The second-order valence-electron chi connectivity index (χ2n) is 7.23. The largest absolute Gasteiger partial charge is 0.423 e. The molecule has 2 saturated heterocycles. The minimum absolute atomic E-state index is 0.119. The number of oxazole rings is 1. The average Bonchev–Trinajstić information content (AvgIpc) is 3.46. The Balaban J connectivity index is 1.36. The molecule has 0 aromatic carbocycles. The lowest BCUT2D eigenvalue weighted by Crippen LogP contribution is -2.55. The van der Waals surface area contributed by atoms with Crippen LogP contribution in [0.5, 0.6) is 0 Å². The van der Waals surface area contributed by atoms with Crippen LogP contribution >= 0.6 is 0 Å². The van der Waals surface area contributed by atoms with Gasteiger partial charge in [-0.3, -0.25) is 9.69 Å². The molecule has 0 unspecified atom stereocenters. The Hall–Kier alpha value is -2.11. The van der Waals surface area contributed by atoms with Crippen LogP contribution < -0.4 is 4.90 Å².